The molecule has 0 spiro atoms. The van der Waals surface area contributed by atoms with E-state index in [0.29, 0.717) is 17.6 Å². The first-order valence-corrected chi connectivity index (χ1v) is 7.00. The summed E-state index contributed by atoms with van der Waals surface area (Å²) in [5.74, 6) is 1.45. The van der Waals surface area contributed by atoms with E-state index in [1.807, 2.05) is 0 Å². The fourth-order valence-corrected chi connectivity index (χ4v) is 3.17. The van der Waals surface area contributed by atoms with E-state index < -0.39 is 0 Å². The van der Waals surface area contributed by atoms with Crippen molar-refractivity contribution < 1.29 is 4.79 Å². The standard InChI is InChI=1S/C15H28O/c1-5-8-12(2)11-14(16)13-9-6-7-10-15(13,3)4/h12-13H,5-11H2,1-4H3. The molecule has 0 heterocycles. The average Bonchev–Trinajstić information content (AvgIpc) is 2.16. The molecule has 0 N–H and O–H groups in total. The van der Waals surface area contributed by atoms with Gasteiger partial charge in [0.25, 0.3) is 0 Å². The lowest BCUT2D eigenvalue weighted by atomic mass is 9.66. The first-order chi connectivity index (χ1) is 7.47. The van der Waals surface area contributed by atoms with E-state index in [-0.39, 0.29) is 5.41 Å². The number of hydrogen-bond acceptors (Lipinski definition) is 1. The second-order valence-corrected chi connectivity index (χ2v) is 6.35. The van der Waals surface area contributed by atoms with E-state index in [0.717, 1.165) is 12.8 Å². The Kier molecular flexibility index (Phi) is 5.01. The van der Waals surface area contributed by atoms with Gasteiger partial charge in [0.1, 0.15) is 5.78 Å². The Labute approximate surface area is 101 Å². The lowest BCUT2D eigenvalue weighted by molar-refractivity contribution is -0.128. The summed E-state index contributed by atoms with van der Waals surface area (Å²) >= 11 is 0. The molecule has 0 saturated heterocycles. The van der Waals surface area contributed by atoms with Gasteiger partial charge in [0.2, 0.25) is 0 Å². The van der Waals surface area contributed by atoms with Crippen molar-refractivity contribution in [2.24, 2.45) is 17.3 Å². The number of carbonyl (C=O) groups excluding carboxylic acids is 1. The van der Waals surface area contributed by atoms with Crippen LogP contribution >= 0.6 is 0 Å². The molecule has 0 amide bonds. The first kappa shape index (κ1) is 13.7. The van der Waals surface area contributed by atoms with Gasteiger partial charge in [0.15, 0.2) is 0 Å². The SMILES string of the molecule is CCCC(C)CC(=O)C1CCCCC1(C)C. The second-order valence-electron chi connectivity index (χ2n) is 6.35. The highest BCUT2D eigenvalue weighted by Crippen LogP contribution is 2.41. The fourth-order valence-electron chi connectivity index (χ4n) is 3.17. The molecular weight excluding hydrogens is 196 g/mol. The number of rotatable bonds is 5. The van der Waals surface area contributed by atoms with Gasteiger partial charge in [-0.1, -0.05) is 53.4 Å². The van der Waals surface area contributed by atoms with Crippen LogP contribution in [0, 0.1) is 17.3 Å². The molecule has 1 saturated carbocycles. The van der Waals surface area contributed by atoms with Crippen molar-refractivity contribution in [3.05, 3.63) is 0 Å². The zero-order valence-electron chi connectivity index (χ0n) is 11.5. The molecule has 0 bridgehead atoms. The molecule has 2 unspecified atom stereocenters. The summed E-state index contributed by atoms with van der Waals surface area (Å²) in [6.07, 6.45) is 8.11. The Morgan fingerprint density at radius 3 is 2.62 bits per heavy atom. The van der Waals surface area contributed by atoms with E-state index in [1.54, 1.807) is 0 Å². The third kappa shape index (κ3) is 3.61. The van der Waals surface area contributed by atoms with E-state index in [2.05, 4.69) is 27.7 Å². The summed E-state index contributed by atoms with van der Waals surface area (Å²) in [4.78, 5) is 12.3. The summed E-state index contributed by atoms with van der Waals surface area (Å²) in [6.45, 7) is 8.97. The molecule has 0 aromatic rings. The number of carbonyl (C=O) groups is 1. The maximum Gasteiger partial charge on any atom is 0.136 e. The molecule has 1 heteroatoms. The van der Waals surface area contributed by atoms with Crippen molar-refractivity contribution in [2.45, 2.75) is 72.6 Å². The molecule has 0 radical (unpaired) electrons. The van der Waals surface area contributed by atoms with Gasteiger partial charge in [-0.3, -0.25) is 4.79 Å². The third-order valence-electron chi connectivity index (χ3n) is 4.23. The molecule has 1 aliphatic carbocycles. The quantitative estimate of drug-likeness (QED) is 0.667. The molecule has 1 aliphatic rings. The molecule has 0 aliphatic heterocycles. The summed E-state index contributed by atoms with van der Waals surface area (Å²) in [5.41, 5.74) is 0.251. The lowest BCUT2D eigenvalue weighted by Crippen LogP contribution is -2.34. The normalized spacial score (nSPS) is 26.4. The highest BCUT2D eigenvalue weighted by Gasteiger charge is 2.36. The second kappa shape index (κ2) is 5.84. The summed E-state index contributed by atoms with van der Waals surface area (Å²) in [5, 5.41) is 0. The minimum Gasteiger partial charge on any atom is -0.299 e. The lowest BCUT2D eigenvalue weighted by Gasteiger charge is -2.38. The van der Waals surface area contributed by atoms with Crippen LogP contribution in [0.2, 0.25) is 0 Å². The van der Waals surface area contributed by atoms with Gasteiger partial charge in [-0.2, -0.15) is 0 Å². The predicted molar refractivity (Wildman–Crippen MR) is 69.4 cm³/mol. The van der Waals surface area contributed by atoms with Gasteiger partial charge in [-0.25, -0.2) is 0 Å². The predicted octanol–water partition coefficient (Wildman–Crippen LogP) is 4.60. The first-order valence-electron chi connectivity index (χ1n) is 7.00. The maximum atomic E-state index is 12.3. The van der Waals surface area contributed by atoms with Crippen molar-refractivity contribution in [2.75, 3.05) is 0 Å². The highest BCUT2D eigenvalue weighted by atomic mass is 16.1. The molecule has 1 rings (SSSR count). The van der Waals surface area contributed by atoms with Gasteiger partial charge in [-0.05, 0) is 24.2 Å². The van der Waals surface area contributed by atoms with E-state index in [4.69, 9.17) is 0 Å². The van der Waals surface area contributed by atoms with Crippen molar-refractivity contribution in [1.29, 1.82) is 0 Å². The molecule has 0 aromatic carbocycles. The largest absolute Gasteiger partial charge is 0.299 e. The van der Waals surface area contributed by atoms with Gasteiger partial charge >= 0.3 is 0 Å². The Hall–Kier alpha value is -0.330. The Balaban J connectivity index is 2.51. The smallest absolute Gasteiger partial charge is 0.136 e. The van der Waals surface area contributed by atoms with Crippen LogP contribution in [0.25, 0.3) is 0 Å². The Bertz CT molecular complexity index is 230. The van der Waals surface area contributed by atoms with Gasteiger partial charge in [-0.15, -0.1) is 0 Å². The van der Waals surface area contributed by atoms with Crippen molar-refractivity contribution in [1.82, 2.24) is 0 Å². The van der Waals surface area contributed by atoms with Gasteiger partial charge in [0, 0.05) is 12.3 Å². The van der Waals surface area contributed by atoms with E-state index in [9.17, 15) is 4.79 Å². The number of ketones is 1. The fraction of sp³-hybridized carbons (Fsp3) is 0.933. The summed E-state index contributed by atoms with van der Waals surface area (Å²) < 4.78 is 0. The van der Waals surface area contributed by atoms with E-state index >= 15 is 0 Å². The van der Waals surface area contributed by atoms with Crippen LogP contribution in [0.1, 0.15) is 72.6 Å². The van der Waals surface area contributed by atoms with Crippen LogP contribution in [-0.4, -0.2) is 5.78 Å². The van der Waals surface area contributed by atoms with Gasteiger partial charge < -0.3 is 0 Å². The van der Waals surface area contributed by atoms with Crippen LogP contribution in [0.3, 0.4) is 0 Å². The minimum absolute atomic E-state index is 0.251. The maximum absolute atomic E-state index is 12.3. The minimum atomic E-state index is 0.251. The molecule has 1 fully saturated rings. The Morgan fingerprint density at radius 1 is 1.38 bits per heavy atom. The average molecular weight is 224 g/mol. The molecule has 1 nitrogen and oxygen atoms in total. The van der Waals surface area contributed by atoms with Gasteiger partial charge in [0.05, 0.1) is 0 Å². The van der Waals surface area contributed by atoms with Crippen LogP contribution in [0.4, 0.5) is 0 Å². The van der Waals surface area contributed by atoms with Crippen LogP contribution in [0.15, 0.2) is 0 Å². The molecule has 16 heavy (non-hydrogen) atoms. The van der Waals surface area contributed by atoms with E-state index in [1.165, 1.54) is 32.1 Å². The zero-order chi connectivity index (χ0) is 12.2. The van der Waals surface area contributed by atoms with Crippen molar-refractivity contribution in [3.8, 4) is 0 Å². The van der Waals surface area contributed by atoms with Crippen molar-refractivity contribution in [3.63, 3.8) is 0 Å². The molecule has 94 valence electrons. The van der Waals surface area contributed by atoms with Crippen molar-refractivity contribution >= 4 is 5.78 Å². The Morgan fingerprint density at radius 2 is 2.06 bits per heavy atom. The molecular formula is C15H28O. The van der Waals surface area contributed by atoms with Crippen LogP contribution < -0.4 is 0 Å². The van der Waals surface area contributed by atoms with Crippen LogP contribution in [0.5, 0.6) is 0 Å². The number of Topliss-reactive ketones (excluding diaryl/α,β-unsaturated/α-hetero) is 1. The highest BCUT2D eigenvalue weighted by molar-refractivity contribution is 5.82. The summed E-state index contributed by atoms with van der Waals surface area (Å²) in [7, 11) is 0. The monoisotopic (exact) mass is 224 g/mol. The topological polar surface area (TPSA) is 17.1 Å². The zero-order valence-corrected chi connectivity index (χ0v) is 11.5. The van der Waals surface area contributed by atoms with Crippen LogP contribution in [-0.2, 0) is 4.79 Å². The summed E-state index contributed by atoms with van der Waals surface area (Å²) in [6, 6.07) is 0. The number of hydrogen-bond donors (Lipinski definition) is 0. The molecule has 2 atom stereocenters. The molecule has 0 aromatic heterocycles. The third-order valence-corrected chi connectivity index (χ3v) is 4.23.